The van der Waals surface area contributed by atoms with Gasteiger partial charge in [-0.15, -0.1) is 0 Å². The lowest BCUT2D eigenvalue weighted by molar-refractivity contribution is 0.0602. The zero-order valence-electron chi connectivity index (χ0n) is 11.3. The van der Waals surface area contributed by atoms with Gasteiger partial charge in [0, 0.05) is 13.0 Å². The van der Waals surface area contributed by atoms with Crippen molar-refractivity contribution in [3.8, 4) is 6.07 Å². The first-order chi connectivity index (χ1) is 7.45. The molecule has 1 aliphatic rings. The molecule has 2 nitrogen and oxygen atoms in total. The molecule has 0 spiro atoms. The first-order valence-electron chi connectivity index (χ1n) is 6.55. The van der Waals surface area contributed by atoms with E-state index in [-0.39, 0.29) is 0 Å². The highest BCUT2D eigenvalue weighted by molar-refractivity contribution is 4.91. The summed E-state index contributed by atoms with van der Waals surface area (Å²) in [6.07, 6.45) is 3.22. The minimum absolute atomic E-state index is 0.351. The molecule has 1 heterocycles. The molecule has 1 atom stereocenters. The van der Waals surface area contributed by atoms with Crippen LogP contribution in [-0.4, -0.2) is 24.5 Å². The van der Waals surface area contributed by atoms with Crippen LogP contribution in [0.25, 0.3) is 0 Å². The number of rotatable bonds is 4. The average Bonchev–Trinajstić information content (AvgIpc) is 2.19. The molecule has 1 aliphatic heterocycles. The fourth-order valence-corrected chi connectivity index (χ4v) is 2.40. The van der Waals surface area contributed by atoms with E-state index in [1.165, 1.54) is 25.9 Å². The van der Waals surface area contributed by atoms with Crippen LogP contribution in [0.1, 0.15) is 47.0 Å². The molecule has 16 heavy (non-hydrogen) atoms. The van der Waals surface area contributed by atoms with E-state index >= 15 is 0 Å². The van der Waals surface area contributed by atoms with E-state index in [1.807, 2.05) is 0 Å². The molecule has 0 aromatic heterocycles. The molecular formula is C14H26N2. The van der Waals surface area contributed by atoms with Crippen molar-refractivity contribution < 1.29 is 0 Å². The third-order valence-electron chi connectivity index (χ3n) is 4.02. The van der Waals surface area contributed by atoms with Crippen LogP contribution in [0.2, 0.25) is 0 Å². The second-order valence-electron chi connectivity index (χ2n) is 6.28. The highest BCUT2D eigenvalue weighted by Gasteiger charge is 2.34. The van der Waals surface area contributed by atoms with Gasteiger partial charge in [-0.1, -0.05) is 27.7 Å². The second kappa shape index (κ2) is 5.68. The van der Waals surface area contributed by atoms with Crippen molar-refractivity contribution in [1.82, 2.24) is 4.90 Å². The first kappa shape index (κ1) is 13.5. The van der Waals surface area contributed by atoms with E-state index < -0.39 is 0 Å². The molecule has 0 radical (unpaired) electrons. The Morgan fingerprint density at radius 1 is 1.44 bits per heavy atom. The van der Waals surface area contributed by atoms with Gasteiger partial charge in [-0.3, -0.25) is 0 Å². The minimum Gasteiger partial charge on any atom is -0.303 e. The van der Waals surface area contributed by atoms with Crippen LogP contribution in [0.4, 0.5) is 0 Å². The molecule has 1 fully saturated rings. The van der Waals surface area contributed by atoms with E-state index in [2.05, 4.69) is 38.7 Å². The van der Waals surface area contributed by atoms with Gasteiger partial charge in [0.25, 0.3) is 0 Å². The number of nitrogens with zero attached hydrogens (tertiary/aromatic N) is 2. The molecule has 0 aliphatic carbocycles. The molecule has 92 valence electrons. The normalized spacial score (nSPS) is 25.6. The van der Waals surface area contributed by atoms with E-state index in [1.54, 1.807) is 0 Å². The van der Waals surface area contributed by atoms with E-state index in [4.69, 9.17) is 5.26 Å². The number of hydrogen-bond donors (Lipinski definition) is 0. The third kappa shape index (κ3) is 3.79. The molecular weight excluding hydrogens is 196 g/mol. The van der Waals surface area contributed by atoms with Gasteiger partial charge in [0.05, 0.1) is 6.07 Å². The van der Waals surface area contributed by atoms with Crippen LogP contribution in [-0.2, 0) is 0 Å². The van der Waals surface area contributed by atoms with Gasteiger partial charge in [0.1, 0.15) is 0 Å². The summed E-state index contributed by atoms with van der Waals surface area (Å²) in [5.74, 6) is 1.34. The van der Waals surface area contributed by atoms with Crippen molar-refractivity contribution in [3.05, 3.63) is 0 Å². The topological polar surface area (TPSA) is 27.0 Å². The van der Waals surface area contributed by atoms with Gasteiger partial charge >= 0.3 is 0 Å². The van der Waals surface area contributed by atoms with Crippen LogP contribution in [0.3, 0.4) is 0 Å². The molecule has 0 aromatic rings. The number of piperidine rings is 1. The zero-order chi connectivity index (χ0) is 12.2. The van der Waals surface area contributed by atoms with Gasteiger partial charge in [0.15, 0.2) is 0 Å². The Morgan fingerprint density at radius 3 is 2.69 bits per heavy atom. The SMILES string of the molecule is CC(C)CCN1CCC(C)(C)C(CC#N)C1. The first-order valence-corrected chi connectivity index (χ1v) is 6.55. The molecule has 0 N–H and O–H groups in total. The van der Waals surface area contributed by atoms with Crippen LogP contribution >= 0.6 is 0 Å². The largest absolute Gasteiger partial charge is 0.303 e. The second-order valence-corrected chi connectivity index (χ2v) is 6.28. The van der Waals surface area contributed by atoms with Crippen molar-refractivity contribution in [3.63, 3.8) is 0 Å². The Labute approximate surface area is 101 Å². The van der Waals surface area contributed by atoms with Crippen LogP contribution in [0.15, 0.2) is 0 Å². The van der Waals surface area contributed by atoms with Crippen LogP contribution in [0.5, 0.6) is 0 Å². The van der Waals surface area contributed by atoms with E-state index in [0.29, 0.717) is 17.8 Å². The fraction of sp³-hybridized carbons (Fsp3) is 0.929. The number of hydrogen-bond acceptors (Lipinski definition) is 2. The summed E-state index contributed by atoms with van der Waals surface area (Å²) < 4.78 is 0. The predicted octanol–water partition coefficient (Wildman–Crippen LogP) is 3.29. The fourth-order valence-electron chi connectivity index (χ4n) is 2.40. The quantitative estimate of drug-likeness (QED) is 0.730. The van der Waals surface area contributed by atoms with Crippen molar-refractivity contribution in [2.75, 3.05) is 19.6 Å². The summed E-state index contributed by atoms with van der Waals surface area (Å²) >= 11 is 0. The average molecular weight is 222 g/mol. The molecule has 0 saturated carbocycles. The number of likely N-dealkylation sites (tertiary alicyclic amines) is 1. The summed E-state index contributed by atoms with van der Waals surface area (Å²) in [6.45, 7) is 12.7. The highest BCUT2D eigenvalue weighted by atomic mass is 15.1. The van der Waals surface area contributed by atoms with Crippen molar-refractivity contribution in [2.45, 2.75) is 47.0 Å². The van der Waals surface area contributed by atoms with Gasteiger partial charge < -0.3 is 4.90 Å². The Hall–Kier alpha value is -0.550. The monoisotopic (exact) mass is 222 g/mol. The summed E-state index contributed by atoms with van der Waals surface area (Å²) in [7, 11) is 0. The molecule has 0 bridgehead atoms. The lowest BCUT2D eigenvalue weighted by atomic mass is 9.72. The molecule has 1 saturated heterocycles. The Morgan fingerprint density at radius 2 is 2.12 bits per heavy atom. The molecule has 0 amide bonds. The summed E-state index contributed by atoms with van der Waals surface area (Å²) in [5, 5.41) is 8.89. The minimum atomic E-state index is 0.351. The van der Waals surface area contributed by atoms with E-state index in [0.717, 1.165) is 12.5 Å². The Balaban J connectivity index is 2.46. The number of nitriles is 1. The maximum Gasteiger partial charge on any atom is 0.0625 e. The Kier molecular flexibility index (Phi) is 4.80. The third-order valence-corrected chi connectivity index (χ3v) is 4.02. The van der Waals surface area contributed by atoms with Crippen molar-refractivity contribution in [2.24, 2.45) is 17.3 Å². The van der Waals surface area contributed by atoms with E-state index in [9.17, 15) is 0 Å². The zero-order valence-corrected chi connectivity index (χ0v) is 11.3. The smallest absolute Gasteiger partial charge is 0.0625 e. The summed E-state index contributed by atoms with van der Waals surface area (Å²) in [6, 6.07) is 2.35. The molecule has 0 aromatic carbocycles. The van der Waals surface area contributed by atoms with Gasteiger partial charge in [0.2, 0.25) is 0 Å². The predicted molar refractivity (Wildman–Crippen MR) is 68.0 cm³/mol. The standard InChI is InChI=1S/C14H26N2/c1-12(2)6-9-16-10-7-14(3,4)13(11-16)5-8-15/h12-13H,5-7,9-11H2,1-4H3. The van der Waals surface area contributed by atoms with Crippen molar-refractivity contribution >= 4 is 0 Å². The molecule has 1 unspecified atom stereocenters. The lowest BCUT2D eigenvalue weighted by Crippen LogP contribution is -2.45. The summed E-state index contributed by atoms with van der Waals surface area (Å²) in [5.41, 5.74) is 0.351. The van der Waals surface area contributed by atoms with Gasteiger partial charge in [-0.25, -0.2) is 0 Å². The maximum absolute atomic E-state index is 8.89. The van der Waals surface area contributed by atoms with Crippen LogP contribution < -0.4 is 0 Å². The van der Waals surface area contributed by atoms with Gasteiger partial charge in [-0.05, 0) is 43.2 Å². The Bertz CT molecular complexity index is 248. The van der Waals surface area contributed by atoms with Gasteiger partial charge in [-0.2, -0.15) is 5.26 Å². The summed E-state index contributed by atoms with van der Waals surface area (Å²) in [4.78, 5) is 2.55. The van der Waals surface area contributed by atoms with Crippen LogP contribution in [0, 0.1) is 28.6 Å². The highest BCUT2D eigenvalue weighted by Crippen LogP contribution is 2.37. The molecule has 2 heteroatoms. The lowest BCUT2D eigenvalue weighted by Gasteiger charge is -2.43. The van der Waals surface area contributed by atoms with Crippen molar-refractivity contribution in [1.29, 1.82) is 5.26 Å². The maximum atomic E-state index is 8.89. The molecule has 1 rings (SSSR count).